The van der Waals surface area contributed by atoms with Crippen molar-refractivity contribution >= 4 is 5.91 Å². The molecule has 122 valence electrons. The molecule has 1 aliphatic heterocycles. The zero-order valence-corrected chi connectivity index (χ0v) is 13.4. The Morgan fingerprint density at radius 3 is 2.78 bits per heavy atom. The van der Waals surface area contributed by atoms with Gasteiger partial charge in [0.05, 0.1) is 11.6 Å². The second-order valence-corrected chi connectivity index (χ2v) is 6.42. The number of hydrogen-bond acceptors (Lipinski definition) is 6. The largest absolute Gasteiger partial charge is 0.360 e. The van der Waals surface area contributed by atoms with Crippen LogP contribution in [-0.4, -0.2) is 39.2 Å². The first-order valence-electron chi connectivity index (χ1n) is 8.25. The lowest BCUT2D eigenvalue weighted by Gasteiger charge is -2.15. The zero-order valence-electron chi connectivity index (χ0n) is 13.4. The van der Waals surface area contributed by atoms with E-state index in [4.69, 9.17) is 9.05 Å². The number of likely N-dealkylation sites (tertiary alicyclic amines) is 1. The number of nitrogens with zero attached hydrogens (tertiary/aromatic N) is 4. The molecular formula is C16H20N4O3. The maximum atomic E-state index is 12.8. The lowest BCUT2D eigenvalue weighted by Crippen LogP contribution is -2.29. The molecule has 0 aromatic carbocycles. The molecule has 4 rings (SSSR count). The molecule has 0 radical (unpaired) electrons. The van der Waals surface area contributed by atoms with E-state index in [1.165, 1.54) is 0 Å². The van der Waals surface area contributed by atoms with Crippen LogP contribution in [0.1, 0.15) is 71.5 Å². The van der Waals surface area contributed by atoms with E-state index in [1.54, 1.807) is 0 Å². The van der Waals surface area contributed by atoms with Gasteiger partial charge in [-0.3, -0.25) is 4.79 Å². The summed E-state index contributed by atoms with van der Waals surface area (Å²) in [5, 5.41) is 7.99. The smallest absolute Gasteiger partial charge is 0.259 e. The third-order valence-corrected chi connectivity index (χ3v) is 4.69. The van der Waals surface area contributed by atoms with E-state index < -0.39 is 0 Å². The van der Waals surface area contributed by atoms with E-state index in [0.717, 1.165) is 25.1 Å². The average Bonchev–Trinajstić information content (AvgIpc) is 3.00. The van der Waals surface area contributed by atoms with Crippen LogP contribution in [0.15, 0.2) is 9.05 Å². The van der Waals surface area contributed by atoms with Crippen LogP contribution in [0.2, 0.25) is 0 Å². The Kier molecular flexibility index (Phi) is 3.43. The van der Waals surface area contributed by atoms with Gasteiger partial charge in [-0.15, -0.1) is 0 Å². The van der Waals surface area contributed by atoms with Crippen LogP contribution in [0.25, 0.3) is 0 Å². The fraction of sp³-hybridized carbons (Fsp3) is 0.625. The van der Waals surface area contributed by atoms with Crippen molar-refractivity contribution in [3.8, 4) is 0 Å². The summed E-state index contributed by atoms with van der Waals surface area (Å²) in [5.74, 6) is 2.75. The molecular weight excluding hydrogens is 296 g/mol. The van der Waals surface area contributed by atoms with E-state index in [0.29, 0.717) is 48.3 Å². The molecule has 1 saturated carbocycles. The predicted octanol–water partition coefficient (Wildman–Crippen LogP) is 2.44. The number of carbonyl (C=O) groups is 1. The van der Waals surface area contributed by atoms with Crippen molar-refractivity contribution in [1.82, 2.24) is 20.2 Å². The normalized spacial score (nSPS) is 21.1. The number of aromatic nitrogens is 3. The standard InChI is InChI=1S/C16H20N4O3/c1-3-12-13(9(2)18-22-12)16(21)20-7-6-11(8-20)15-17-14(19-23-15)10-4-5-10/h10-11H,3-8H2,1-2H3/t11-/m0/s1. The molecule has 0 N–H and O–H groups in total. The molecule has 2 aromatic heterocycles. The van der Waals surface area contributed by atoms with Crippen molar-refractivity contribution in [2.75, 3.05) is 13.1 Å². The maximum Gasteiger partial charge on any atom is 0.259 e. The third-order valence-electron chi connectivity index (χ3n) is 4.69. The molecule has 0 unspecified atom stereocenters. The molecule has 7 heteroatoms. The van der Waals surface area contributed by atoms with Crippen molar-refractivity contribution in [2.24, 2.45) is 0 Å². The summed E-state index contributed by atoms with van der Waals surface area (Å²) in [7, 11) is 0. The molecule has 1 atom stereocenters. The minimum Gasteiger partial charge on any atom is -0.360 e. The summed E-state index contributed by atoms with van der Waals surface area (Å²) in [6.45, 7) is 5.07. The summed E-state index contributed by atoms with van der Waals surface area (Å²) >= 11 is 0. The van der Waals surface area contributed by atoms with Gasteiger partial charge in [-0.25, -0.2) is 0 Å². The molecule has 1 saturated heterocycles. The third kappa shape index (κ3) is 2.54. The molecule has 2 fully saturated rings. The van der Waals surface area contributed by atoms with Crippen LogP contribution >= 0.6 is 0 Å². The van der Waals surface area contributed by atoms with E-state index in [2.05, 4.69) is 15.3 Å². The van der Waals surface area contributed by atoms with Crippen LogP contribution in [-0.2, 0) is 6.42 Å². The molecule has 0 spiro atoms. The predicted molar refractivity (Wildman–Crippen MR) is 80.2 cm³/mol. The molecule has 23 heavy (non-hydrogen) atoms. The number of hydrogen-bond donors (Lipinski definition) is 0. The van der Waals surface area contributed by atoms with E-state index in [1.807, 2.05) is 18.7 Å². The van der Waals surface area contributed by atoms with Crippen molar-refractivity contribution in [3.05, 3.63) is 28.7 Å². The van der Waals surface area contributed by atoms with Gasteiger partial charge in [-0.05, 0) is 26.2 Å². The first-order valence-corrected chi connectivity index (χ1v) is 8.25. The summed E-state index contributed by atoms with van der Waals surface area (Å²) in [6.07, 6.45) is 3.82. The van der Waals surface area contributed by atoms with Crippen LogP contribution in [0.5, 0.6) is 0 Å². The van der Waals surface area contributed by atoms with Gasteiger partial charge in [0.15, 0.2) is 5.82 Å². The highest BCUT2D eigenvalue weighted by molar-refractivity contribution is 5.96. The number of amides is 1. The first-order chi connectivity index (χ1) is 11.2. The highest BCUT2D eigenvalue weighted by Gasteiger charge is 2.35. The lowest BCUT2D eigenvalue weighted by molar-refractivity contribution is 0.0786. The van der Waals surface area contributed by atoms with Gasteiger partial charge in [0.2, 0.25) is 5.89 Å². The quantitative estimate of drug-likeness (QED) is 0.861. The monoisotopic (exact) mass is 316 g/mol. The van der Waals surface area contributed by atoms with E-state index in [-0.39, 0.29) is 11.8 Å². The second kappa shape index (κ2) is 5.47. The Hall–Kier alpha value is -2.18. The number of aryl methyl sites for hydroxylation is 2. The minimum atomic E-state index is -0.00923. The Bertz CT molecular complexity index is 732. The first kappa shape index (κ1) is 14.4. The van der Waals surface area contributed by atoms with Crippen molar-refractivity contribution < 1.29 is 13.8 Å². The molecule has 2 aliphatic rings. The molecule has 1 aliphatic carbocycles. The topological polar surface area (TPSA) is 85.3 Å². The highest BCUT2D eigenvalue weighted by atomic mass is 16.5. The number of carbonyl (C=O) groups excluding carboxylic acids is 1. The van der Waals surface area contributed by atoms with Crippen LogP contribution in [0.4, 0.5) is 0 Å². The molecule has 3 heterocycles. The van der Waals surface area contributed by atoms with Crippen molar-refractivity contribution in [2.45, 2.75) is 51.4 Å². The van der Waals surface area contributed by atoms with Gasteiger partial charge in [0.25, 0.3) is 5.91 Å². The SMILES string of the molecule is CCc1onc(C)c1C(=O)N1CC[C@H](c2nc(C3CC3)no2)C1. The summed E-state index contributed by atoms with van der Waals surface area (Å²) < 4.78 is 10.6. The minimum absolute atomic E-state index is 0.00923. The molecule has 0 bridgehead atoms. The number of rotatable bonds is 4. The van der Waals surface area contributed by atoms with Crippen molar-refractivity contribution in [1.29, 1.82) is 0 Å². The van der Waals surface area contributed by atoms with Gasteiger partial charge in [-0.1, -0.05) is 17.2 Å². The van der Waals surface area contributed by atoms with Crippen molar-refractivity contribution in [3.63, 3.8) is 0 Å². The summed E-state index contributed by atoms with van der Waals surface area (Å²) in [4.78, 5) is 19.1. The fourth-order valence-corrected chi connectivity index (χ4v) is 3.16. The Morgan fingerprint density at radius 1 is 1.22 bits per heavy atom. The summed E-state index contributed by atoms with van der Waals surface area (Å²) in [6, 6.07) is 0. The summed E-state index contributed by atoms with van der Waals surface area (Å²) in [5.41, 5.74) is 1.27. The van der Waals surface area contributed by atoms with Gasteiger partial charge < -0.3 is 13.9 Å². The van der Waals surface area contributed by atoms with Gasteiger partial charge in [0, 0.05) is 25.4 Å². The molecule has 1 amide bonds. The Morgan fingerprint density at radius 2 is 2.04 bits per heavy atom. The van der Waals surface area contributed by atoms with E-state index >= 15 is 0 Å². The van der Waals surface area contributed by atoms with Crippen LogP contribution in [0.3, 0.4) is 0 Å². The van der Waals surface area contributed by atoms with Gasteiger partial charge in [0.1, 0.15) is 11.3 Å². The fourth-order valence-electron chi connectivity index (χ4n) is 3.16. The Labute approximate surface area is 134 Å². The van der Waals surface area contributed by atoms with Gasteiger partial charge in [-0.2, -0.15) is 4.98 Å². The Balaban J connectivity index is 1.48. The maximum absolute atomic E-state index is 12.8. The average molecular weight is 316 g/mol. The van der Waals surface area contributed by atoms with Crippen LogP contribution < -0.4 is 0 Å². The molecule has 7 nitrogen and oxygen atoms in total. The van der Waals surface area contributed by atoms with Crippen LogP contribution in [0, 0.1) is 6.92 Å². The zero-order chi connectivity index (χ0) is 16.0. The van der Waals surface area contributed by atoms with Gasteiger partial charge >= 0.3 is 0 Å². The second-order valence-electron chi connectivity index (χ2n) is 6.42. The lowest BCUT2D eigenvalue weighted by atomic mass is 10.1. The molecule has 2 aromatic rings. The highest BCUT2D eigenvalue weighted by Crippen LogP contribution is 2.39. The van der Waals surface area contributed by atoms with E-state index in [9.17, 15) is 4.79 Å².